The van der Waals surface area contributed by atoms with Gasteiger partial charge in [-0.25, -0.2) is 4.79 Å². The number of carbonyl (C=O) groups excluding carboxylic acids is 2. The van der Waals surface area contributed by atoms with Crippen LogP contribution in [0.3, 0.4) is 0 Å². The Morgan fingerprint density at radius 2 is 1.10 bits per heavy atom. The van der Waals surface area contributed by atoms with Crippen LogP contribution < -0.4 is 0 Å². The number of carboxylic acid groups (broad SMARTS) is 1. The number of unbranched alkanes of at least 4 members (excludes halogenated alkanes) is 14. The van der Waals surface area contributed by atoms with Crippen molar-refractivity contribution < 1.29 is 29.7 Å². The van der Waals surface area contributed by atoms with Crippen LogP contribution in [0.4, 0.5) is 0 Å². The van der Waals surface area contributed by atoms with Gasteiger partial charge in [-0.3, -0.25) is 9.59 Å². The van der Waals surface area contributed by atoms with Gasteiger partial charge >= 0.3 is 43.7 Å². The topological polar surface area (TPSA) is 112 Å². The summed E-state index contributed by atoms with van der Waals surface area (Å²) in [5, 5.41) is 28.3. The summed E-state index contributed by atoms with van der Waals surface area (Å²) in [5.74, 6) is -3.51. The molecule has 0 saturated heterocycles. The third kappa shape index (κ3) is 16.3. The van der Waals surface area contributed by atoms with Crippen molar-refractivity contribution in [2.45, 2.75) is 135 Å². The van der Waals surface area contributed by atoms with Gasteiger partial charge in [-0.1, -0.05) is 96.8 Å². The Morgan fingerprint density at radius 3 is 1.42 bits per heavy atom. The molecule has 0 bridgehead atoms. The van der Waals surface area contributed by atoms with Crippen LogP contribution in [0.15, 0.2) is 0 Å². The van der Waals surface area contributed by atoms with Gasteiger partial charge in [-0.15, -0.1) is 0 Å². The molecule has 0 spiro atoms. The number of Topliss-reactive ketones (excluding diaryl/α,β-unsaturated/α-hetero) is 2. The van der Waals surface area contributed by atoms with Gasteiger partial charge in [0.2, 0.25) is 11.4 Å². The third-order valence-corrected chi connectivity index (χ3v) is 5.65. The minimum atomic E-state index is -2.83. The van der Waals surface area contributed by atoms with Gasteiger partial charge in [-0.05, 0) is 13.3 Å². The number of rotatable bonds is 21. The van der Waals surface area contributed by atoms with Crippen molar-refractivity contribution >= 4 is 55.3 Å². The zero-order valence-corrected chi connectivity index (χ0v) is 19.2. The summed E-state index contributed by atoms with van der Waals surface area (Å²) in [4.78, 5) is 34.9. The van der Waals surface area contributed by atoms with Crippen molar-refractivity contribution in [2.75, 3.05) is 0 Å². The van der Waals surface area contributed by atoms with E-state index in [1.54, 1.807) is 0 Å². The normalized spacial score (nSPS) is 13.8. The quantitative estimate of drug-likeness (QED) is 0.132. The van der Waals surface area contributed by atoms with E-state index in [4.69, 9.17) is 5.11 Å². The Hall–Kier alpha value is -0.0103. The van der Waals surface area contributed by atoms with Crippen molar-refractivity contribution in [1.82, 2.24) is 0 Å². The maximum atomic E-state index is 12.0. The first-order chi connectivity index (χ1) is 14.3. The molecule has 0 rings (SSSR count). The number of aliphatic carboxylic acids is 1. The molecule has 31 heavy (non-hydrogen) atoms. The molecule has 0 radical (unpaired) electrons. The molecule has 180 valence electrons. The molecule has 0 heterocycles. The van der Waals surface area contributed by atoms with Gasteiger partial charge in [0.25, 0.3) is 0 Å². The van der Waals surface area contributed by atoms with E-state index < -0.39 is 35.7 Å². The van der Waals surface area contributed by atoms with E-state index in [0.717, 1.165) is 26.2 Å². The van der Waals surface area contributed by atoms with E-state index >= 15 is 0 Å². The SMILES string of the molecule is CCCCCCCCCCCCCCCCCC(=O)CC(O)(C(=O)O)C(=O)C(C)O.[CaH2]. The van der Waals surface area contributed by atoms with E-state index in [9.17, 15) is 24.6 Å². The van der Waals surface area contributed by atoms with Crippen molar-refractivity contribution in [2.24, 2.45) is 0 Å². The molecule has 0 aliphatic heterocycles. The summed E-state index contributed by atoms with van der Waals surface area (Å²) in [6.45, 7) is 3.32. The van der Waals surface area contributed by atoms with Crippen LogP contribution >= 0.6 is 0 Å². The second-order valence-electron chi connectivity index (χ2n) is 8.62. The molecule has 0 aromatic heterocycles. The van der Waals surface area contributed by atoms with Crippen LogP contribution in [0.2, 0.25) is 0 Å². The van der Waals surface area contributed by atoms with Crippen LogP contribution in [0, 0.1) is 0 Å². The Kier molecular flexibility index (Phi) is 22.0. The van der Waals surface area contributed by atoms with Crippen LogP contribution in [0.1, 0.15) is 123 Å². The second kappa shape index (κ2) is 20.6. The fraction of sp³-hybridized carbons (Fsp3) is 0.875. The molecule has 0 aliphatic rings. The van der Waals surface area contributed by atoms with Gasteiger partial charge in [0.1, 0.15) is 11.9 Å². The zero-order chi connectivity index (χ0) is 22.8. The van der Waals surface area contributed by atoms with E-state index in [-0.39, 0.29) is 44.2 Å². The van der Waals surface area contributed by atoms with Gasteiger partial charge < -0.3 is 15.3 Å². The predicted molar refractivity (Wildman–Crippen MR) is 127 cm³/mol. The monoisotopic (exact) mass is 470 g/mol. The molecule has 2 unspecified atom stereocenters. The van der Waals surface area contributed by atoms with Crippen molar-refractivity contribution in [1.29, 1.82) is 0 Å². The zero-order valence-electron chi connectivity index (χ0n) is 19.2. The van der Waals surface area contributed by atoms with E-state index in [1.807, 2.05) is 0 Å². The summed E-state index contributed by atoms with van der Waals surface area (Å²) >= 11 is 0. The molecule has 3 N–H and O–H groups in total. The number of hydrogen-bond donors (Lipinski definition) is 3. The molecule has 0 saturated carbocycles. The Morgan fingerprint density at radius 1 is 0.742 bits per heavy atom. The van der Waals surface area contributed by atoms with Gasteiger partial charge in [-0.2, -0.15) is 0 Å². The fourth-order valence-corrected chi connectivity index (χ4v) is 3.68. The van der Waals surface area contributed by atoms with E-state index in [1.165, 1.54) is 70.6 Å². The molecule has 2 atom stereocenters. The standard InChI is InChI=1S/C24H44O6.Ca.2H/c1-3-4-5-6-7-8-9-10-11-12-13-14-15-16-17-18-21(26)19-24(30,23(28)29)22(27)20(2)25;;;/h20,25,30H,3-19H2,1-2H3,(H,28,29);;;. The molecular formula is C24H46CaO6. The molecule has 7 heteroatoms. The third-order valence-electron chi connectivity index (χ3n) is 5.65. The summed E-state index contributed by atoms with van der Waals surface area (Å²) in [7, 11) is 0. The number of carboxylic acids is 1. The Bertz CT molecular complexity index is 494. The summed E-state index contributed by atoms with van der Waals surface area (Å²) in [5.41, 5.74) is -2.83. The maximum absolute atomic E-state index is 12.0. The van der Waals surface area contributed by atoms with Gasteiger partial charge in [0.05, 0.1) is 6.42 Å². The van der Waals surface area contributed by atoms with Crippen LogP contribution in [0.25, 0.3) is 0 Å². The fourth-order valence-electron chi connectivity index (χ4n) is 3.68. The molecule has 0 aromatic rings. The summed E-state index contributed by atoms with van der Waals surface area (Å²) in [6.07, 6.45) is 15.9. The first-order valence-electron chi connectivity index (χ1n) is 12.0. The molecule has 0 fully saturated rings. The predicted octanol–water partition coefficient (Wildman–Crippen LogP) is 4.06. The number of carbonyl (C=O) groups is 3. The molecule has 0 aromatic carbocycles. The number of aliphatic hydroxyl groups excluding tert-OH is 1. The van der Waals surface area contributed by atoms with Crippen LogP contribution in [-0.2, 0) is 14.4 Å². The first-order valence-corrected chi connectivity index (χ1v) is 12.0. The molecule has 6 nitrogen and oxygen atoms in total. The molecule has 0 amide bonds. The van der Waals surface area contributed by atoms with Crippen LogP contribution in [-0.4, -0.2) is 82.3 Å². The molecular weight excluding hydrogens is 424 g/mol. The average Bonchev–Trinajstić information content (AvgIpc) is 2.69. The Balaban J connectivity index is 0. The van der Waals surface area contributed by atoms with Crippen LogP contribution in [0.5, 0.6) is 0 Å². The van der Waals surface area contributed by atoms with E-state index in [2.05, 4.69) is 6.92 Å². The number of aliphatic hydroxyl groups is 2. The summed E-state index contributed by atoms with van der Waals surface area (Å²) in [6, 6.07) is 0. The minimum absolute atomic E-state index is 0. The number of ketones is 2. The second-order valence-corrected chi connectivity index (χ2v) is 8.62. The Labute approximate surface area is 218 Å². The van der Waals surface area contributed by atoms with Gasteiger partial charge in [0, 0.05) is 6.42 Å². The molecule has 0 aliphatic carbocycles. The number of hydrogen-bond acceptors (Lipinski definition) is 5. The first kappa shape index (κ1) is 33.2. The summed E-state index contributed by atoms with van der Waals surface area (Å²) < 4.78 is 0. The van der Waals surface area contributed by atoms with Crippen molar-refractivity contribution in [3.63, 3.8) is 0 Å². The van der Waals surface area contributed by atoms with Gasteiger partial charge in [0.15, 0.2) is 0 Å². The van der Waals surface area contributed by atoms with Crippen molar-refractivity contribution in [3.8, 4) is 0 Å². The van der Waals surface area contributed by atoms with Crippen molar-refractivity contribution in [3.05, 3.63) is 0 Å². The van der Waals surface area contributed by atoms with E-state index in [0.29, 0.717) is 6.42 Å². The average molecular weight is 471 g/mol.